The number of nitrogens with one attached hydrogen (secondary N) is 2. The summed E-state index contributed by atoms with van der Waals surface area (Å²) in [5.74, 6) is 0.433. The Morgan fingerprint density at radius 3 is 2.36 bits per heavy atom. The second-order valence-electron chi connectivity index (χ2n) is 6.08. The maximum absolute atomic E-state index is 12.6. The second kappa shape index (κ2) is 7.74. The van der Waals surface area contributed by atoms with Gasteiger partial charge in [-0.25, -0.2) is 9.97 Å². The van der Waals surface area contributed by atoms with Crippen molar-refractivity contribution >= 4 is 29.1 Å². The van der Waals surface area contributed by atoms with E-state index in [2.05, 4.69) is 20.6 Å². The number of carbonyl (C=O) groups excluding carboxylic acids is 2. The van der Waals surface area contributed by atoms with Gasteiger partial charge in [0.1, 0.15) is 0 Å². The van der Waals surface area contributed by atoms with Gasteiger partial charge in [0.15, 0.2) is 0 Å². The largest absolute Gasteiger partial charge is 0.340 e. The summed E-state index contributed by atoms with van der Waals surface area (Å²) in [6.07, 6.45) is 5.20. The lowest BCUT2D eigenvalue weighted by Gasteiger charge is -2.31. The Kier molecular flexibility index (Phi) is 5.23. The van der Waals surface area contributed by atoms with Crippen molar-refractivity contribution in [3.05, 3.63) is 42.7 Å². The van der Waals surface area contributed by atoms with Gasteiger partial charge in [-0.05, 0) is 43.2 Å². The zero-order valence-corrected chi connectivity index (χ0v) is 14.1. The van der Waals surface area contributed by atoms with Crippen LogP contribution in [-0.4, -0.2) is 34.9 Å². The third-order valence-electron chi connectivity index (χ3n) is 4.10. The monoisotopic (exact) mass is 339 g/mol. The Balaban J connectivity index is 1.60. The molecule has 1 aromatic carbocycles. The number of anilines is 3. The first kappa shape index (κ1) is 16.9. The zero-order chi connectivity index (χ0) is 17.6. The molecular weight excluding hydrogens is 318 g/mol. The SMILES string of the molecule is CC(=O)Nc1ccc(NC(=O)[C@H]2CCCN(c3ncccn3)C2)cc1. The molecule has 1 aromatic heterocycles. The smallest absolute Gasteiger partial charge is 0.229 e. The molecule has 0 radical (unpaired) electrons. The van der Waals surface area contributed by atoms with Crippen LogP contribution in [0, 0.1) is 5.92 Å². The molecule has 7 heteroatoms. The molecule has 0 unspecified atom stereocenters. The Morgan fingerprint density at radius 1 is 1.08 bits per heavy atom. The van der Waals surface area contributed by atoms with Crippen LogP contribution in [0.3, 0.4) is 0 Å². The molecule has 0 bridgehead atoms. The molecule has 1 aliphatic heterocycles. The second-order valence-corrected chi connectivity index (χ2v) is 6.08. The van der Waals surface area contributed by atoms with Crippen molar-refractivity contribution in [1.82, 2.24) is 9.97 Å². The summed E-state index contributed by atoms with van der Waals surface area (Å²) in [5.41, 5.74) is 1.42. The molecule has 25 heavy (non-hydrogen) atoms. The molecule has 0 aliphatic carbocycles. The van der Waals surface area contributed by atoms with E-state index in [1.54, 1.807) is 42.7 Å². The Hall–Kier alpha value is -2.96. The van der Waals surface area contributed by atoms with E-state index in [0.29, 0.717) is 23.9 Å². The summed E-state index contributed by atoms with van der Waals surface area (Å²) in [6, 6.07) is 8.88. The van der Waals surface area contributed by atoms with Gasteiger partial charge in [-0.3, -0.25) is 9.59 Å². The van der Waals surface area contributed by atoms with Crippen molar-refractivity contribution in [2.75, 3.05) is 28.6 Å². The predicted octanol–water partition coefficient (Wildman–Crippen LogP) is 2.29. The highest BCUT2D eigenvalue weighted by molar-refractivity contribution is 5.94. The molecule has 1 aliphatic rings. The number of carbonyl (C=O) groups is 2. The number of hydrogen-bond acceptors (Lipinski definition) is 5. The number of nitrogens with zero attached hydrogens (tertiary/aromatic N) is 3. The van der Waals surface area contributed by atoms with E-state index in [1.807, 2.05) is 4.90 Å². The highest BCUT2D eigenvalue weighted by Gasteiger charge is 2.27. The topological polar surface area (TPSA) is 87.2 Å². The van der Waals surface area contributed by atoms with Crippen LogP contribution in [0.15, 0.2) is 42.7 Å². The number of hydrogen-bond donors (Lipinski definition) is 2. The summed E-state index contributed by atoms with van der Waals surface area (Å²) in [4.78, 5) is 34.2. The third kappa shape index (κ3) is 4.53. The fourth-order valence-corrected chi connectivity index (χ4v) is 2.91. The predicted molar refractivity (Wildman–Crippen MR) is 96.3 cm³/mol. The Labute approximate surface area is 146 Å². The Morgan fingerprint density at radius 2 is 1.72 bits per heavy atom. The third-order valence-corrected chi connectivity index (χ3v) is 4.10. The maximum Gasteiger partial charge on any atom is 0.229 e. The van der Waals surface area contributed by atoms with Gasteiger partial charge in [-0.15, -0.1) is 0 Å². The lowest BCUT2D eigenvalue weighted by Crippen LogP contribution is -2.41. The van der Waals surface area contributed by atoms with Crippen LogP contribution < -0.4 is 15.5 Å². The van der Waals surface area contributed by atoms with Crippen molar-refractivity contribution < 1.29 is 9.59 Å². The van der Waals surface area contributed by atoms with E-state index in [1.165, 1.54) is 6.92 Å². The molecular formula is C18H21N5O2. The Bertz CT molecular complexity index is 733. The normalized spacial score (nSPS) is 17.0. The maximum atomic E-state index is 12.6. The summed E-state index contributed by atoms with van der Waals surface area (Å²) in [6.45, 7) is 2.93. The van der Waals surface area contributed by atoms with E-state index in [9.17, 15) is 9.59 Å². The molecule has 1 fully saturated rings. The highest BCUT2D eigenvalue weighted by atomic mass is 16.2. The molecule has 2 aromatic rings. The molecule has 0 saturated carbocycles. The molecule has 3 rings (SSSR count). The molecule has 0 spiro atoms. The lowest BCUT2D eigenvalue weighted by atomic mass is 9.97. The van der Waals surface area contributed by atoms with Crippen molar-refractivity contribution in [1.29, 1.82) is 0 Å². The standard InChI is InChI=1S/C18H21N5O2/c1-13(24)21-15-5-7-16(8-6-15)22-17(25)14-4-2-11-23(12-14)18-19-9-3-10-20-18/h3,5-10,14H,2,4,11-12H2,1H3,(H,21,24)(H,22,25)/t14-/m0/s1. The van der Waals surface area contributed by atoms with Crippen LogP contribution in [0.1, 0.15) is 19.8 Å². The van der Waals surface area contributed by atoms with Crippen LogP contribution in [0.25, 0.3) is 0 Å². The number of rotatable bonds is 4. The molecule has 130 valence electrons. The van der Waals surface area contributed by atoms with Crippen molar-refractivity contribution in [3.63, 3.8) is 0 Å². The summed E-state index contributed by atoms with van der Waals surface area (Å²) in [7, 11) is 0. The van der Waals surface area contributed by atoms with E-state index in [-0.39, 0.29) is 17.7 Å². The van der Waals surface area contributed by atoms with Gasteiger partial charge in [0.2, 0.25) is 17.8 Å². The average molecular weight is 339 g/mol. The summed E-state index contributed by atoms with van der Waals surface area (Å²) >= 11 is 0. The van der Waals surface area contributed by atoms with E-state index in [4.69, 9.17) is 0 Å². The summed E-state index contributed by atoms with van der Waals surface area (Å²) in [5, 5.41) is 5.65. The van der Waals surface area contributed by atoms with E-state index >= 15 is 0 Å². The van der Waals surface area contributed by atoms with E-state index < -0.39 is 0 Å². The minimum Gasteiger partial charge on any atom is -0.340 e. The first-order chi connectivity index (χ1) is 12.1. The van der Waals surface area contributed by atoms with Crippen LogP contribution in [0.2, 0.25) is 0 Å². The van der Waals surface area contributed by atoms with Crippen LogP contribution >= 0.6 is 0 Å². The molecule has 2 heterocycles. The summed E-state index contributed by atoms with van der Waals surface area (Å²) < 4.78 is 0. The fourth-order valence-electron chi connectivity index (χ4n) is 2.91. The molecule has 7 nitrogen and oxygen atoms in total. The number of piperidine rings is 1. The first-order valence-corrected chi connectivity index (χ1v) is 8.32. The van der Waals surface area contributed by atoms with Crippen LogP contribution in [0.5, 0.6) is 0 Å². The van der Waals surface area contributed by atoms with Crippen molar-refractivity contribution in [3.8, 4) is 0 Å². The van der Waals surface area contributed by atoms with Crippen molar-refractivity contribution in [2.24, 2.45) is 5.92 Å². The highest BCUT2D eigenvalue weighted by Crippen LogP contribution is 2.22. The van der Waals surface area contributed by atoms with Gasteiger partial charge in [-0.1, -0.05) is 0 Å². The number of aromatic nitrogens is 2. The van der Waals surface area contributed by atoms with Gasteiger partial charge in [0.05, 0.1) is 5.92 Å². The van der Waals surface area contributed by atoms with Gasteiger partial charge in [0, 0.05) is 43.8 Å². The van der Waals surface area contributed by atoms with Crippen molar-refractivity contribution in [2.45, 2.75) is 19.8 Å². The zero-order valence-electron chi connectivity index (χ0n) is 14.1. The van der Waals surface area contributed by atoms with Gasteiger partial charge < -0.3 is 15.5 Å². The molecule has 1 atom stereocenters. The quantitative estimate of drug-likeness (QED) is 0.892. The van der Waals surface area contributed by atoms with Crippen LogP contribution in [0.4, 0.5) is 17.3 Å². The first-order valence-electron chi connectivity index (χ1n) is 8.32. The molecule has 1 saturated heterocycles. The average Bonchev–Trinajstić information content (AvgIpc) is 2.64. The van der Waals surface area contributed by atoms with Gasteiger partial charge in [0.25, 0.3) is 0 Å². The fraction of sp³-hybridized carbons (Fsp3) is 0.333. The van der Waals surface area contributed by atoms with Gasteiger partial charge >= 0.3 is 0 Å². The van der Waals surface area contributed by atoms with Crippen LogP contribution in [-0.2, 0) is 9.59 Å². The molecule has 2 amide bonds. The van der Waals surface area contributed by atoms with E-state index in [0.717, 1.165) is 19.4 Å². The number of amides is 2. The minimum absolute atomic E-state index is 0.00657. The minimum atomic E-state index is -0.123. The van der Waals surface area contributed by atoms with Gasteiger partial charge in [-0.2, -0.15) is 0 Å². The molecule has 2 N–H and O–H groups in total. The lowest BCUT2D eigenvalue weighted by molar-refractivity contribution is -0.120. The number of benzene rings is 1.